The van der Waals surface area contributed by atoms with Crippen molar-refractivity contribution in [1.82, 2.24) is 0 Å². The van der Waals surface area contributed by atoms with Gasteiger partial charge in [0.25, 0.3) is 0 Å². The molecule has 0 aromatic carbocycles. The first-order valence-electron chi connectivity index (χ1n) is 20.8. The molecule has 0 aromatic heterocycles. The molecule has 6 rings (SSSR count). The van der Waals surface area contributed by atoms with Gasteiger partial charge in [0, 0.05) is 14.2 Å². The molecule has 0 aromatic rings. The molecule has 0 unspecified atom stereocenters. The fourth-order valence-electron chi connectivity index (χ4n) is 11.7. The molecule has 4 aliphatic carbocycles. The molecule has 0 spiro atoms. The van der Waals surface area contributed by atoms with E-state index in [0.717, 1.165) is 48.8 Å². The van der Waals surface area contributed by atoms with E-state index in [-0.39, 0.29) is 42.3 Å². The molecular weight excluding hydrogens is 728 g/mol. The third-order valence-electron chi connectivity index (χ3n) is 15.1. The predicted octanol–water partition coefficient (Wildman–Crippen LogP) is 1.57. The van der Waals surface area contributed by atoms with Crippen molar-refractivity contribution in [2.24, 2.45) is 40.4 Å². The van der Waals surface area contributed by atoms with Crippen molar-refractivity contribution >= 4 is 0 Å². The number of hydrogen-bond acceptors (Lipinski definition) is 14. The number of aliphatic hydroxyl groups is 8. The highest BCUT2D eigenvalue weighted by Crippen LogP contribution is 2.66. The van der Waals surface area contributed by atoms with Crippen LogP contribution in [0.2, 0.25) is 0 Å². The van der Waals surface area contributed by atoms with Gasteiger partial charge in [0.15, 0.2) is 12.6 Å². The quantitative estimate of drug-likeness (QED) is 0.124. The molecule has 14 nitrogen and oxygen atoms in total. The Morgan fingerprint density at radius 2 is 1.41 bits per heavy atom. The molecule has 20 atom stereocenters. The van der Waals surface area contributed by atoms with Crippen LogP contribution in [0.15, 0.2) is 23.3 Å². The number of methoxy groups -OCH3 is 2. The summed E-state index contributed by atoms with van der Waals surface area (Å²) in [5.41, 5.74) is 2.43. The third kappa shape index (κ3) is 7.95. The molecule has 56 heavy (non-hydrogen) atoms. The molecule has 0 amide bonds. The molecule has 14 heteroatoms. The van der Waals surface area contributed by atoms with E-state index in [9.17, 15) is 40.9 Å². The normalized spacial score (nSPS) is 48.7. The van der Waals surface area contributed by atoms with Gasteiger partial charge in [0.2, 0.25) is 0 Å². The lowest BCUT2D eigenvalue weighted by molar-refractivity contribution is -0.365. The Hall–Kier alpha value is -1.08. The second kappa shape index (κ2) is 17.5. The molecule has 2 saturated heterocycles. The second-order valence-corrected chi connectivity index (χ2v) is 18.7. The van der Waals surface area contributed by atoms with Gasteiger partial charge in [-0.3, -0.25) is 0 Å². The molecule has 0 bridgehead atoms. The van der Waals surface area contributed by atoms with Crippen LogP contribution < -0.4 is 0 Å². The van der Waals surface area contributed by atoms with Gasteiger partial charge < -0.3 is 69.3 Å². The SMILES string of the molecule is C=C(CC[C@@H](C)[C@H]1[C@H](O[C@@H]2O[C@H](COC)[C@H](O)[C@H](O[C@@H]3O[C@H](COC)[C@H](O)[C@H](O)[C@H]3O)[C@H]2O)CC2=C3[C@@H](O)[C@@H](O)[C@H]4C[C@H](O)CC[C@]4(C)[C@H]3CC[C@@]21C)C(C)C. The van der Waals surface area contributed by atoms with Crippen LogP contribution in [0.1, 0.15) is 86.0 Å². The summed E-state index contributed by atoms with van der Waals surface area (Å²) < 4.78 is 35.5. The highest BCUT2D eigenvalue weighted by Gasteiger charge is 2.63. The zero-order valence-corrected chi connectivity index (χ0v) is 34.3. The maximum absolute atomic E-state index is 12.0. The molecule has 2 heterocycles. The molecule has 322 valence electrons. The molecule has 0 radical (unpaired) electrons. The Morgan fingerprint density at radius 1 is 0.786 bits per heavy atom. The summed E-state index contributed by atoms with van der Waals surface area (Å²) >= 11 is 0. The lowest BCUT2D eigenvalue weighted by atomic mass is 9.47. The van der Waals surface area contributed by atoms with Crippen molar-refractivity contribution in [2.45, 2.75) is 172 Å². The lowest BCUT2D eigenvalue weighted by Gasteiger charge is -2.59. The average Bonchev–Trinajstić information content (AvgIpc) is 3.45. The first-order chi connectivity index (χ1) is 26.4. The number of aliphatic hydroxyl groups excluding tert-OH is 8. The van der Waals surface area contributed by atoms with Gasteiger partial charge in [-0.05, 0) is 97.4 Å². The van der Waals surface area contributed by atoms with Crippen LogP contribution in [0.4, 0.5) is 0 Å². The summed E-state index contributed by atoms with van der Waals surface area (Å²) in [4.78, 5) is 0. The number of rotatable bonds is 13. The maximum atomic E-state index is 12.0. The van der Waals surface area contributed by atoms with E-state index in [1.165, 1.54) is 14.2 Å². The van der Waals surface area contributed by atoms with Crippen LogP contribution in [0, 0.1) is 40.4 Å². The van der Waals surface area contributed by atoms with Gasteiger partial charge in [-0.15, -0.1) is 0 Å². The van der Waals surface area contributed by atoms with Crippen LogP contribution in [0.25, 0.3) is 0 Å². The molecule has 2 aliphatic heterocycles. The Morgan fingerprint density at radius 3 is 2.04 bits per heavy atom. The van der Waals surface area contributed by atoms with Crippen LogP contribution in [-0.2, 0) is 28.4 Å². The number of hydrogen-bond donors (Lipinski definition) is 8. The first-order valence-corrected chi connectivity index (χ1v) is 20.8. The molecule has 3 saturated carbocycles. The number of fused-ring (bicyclic) bond motifs is 4. The standard InChI is InChI=1S/C42H70O14/c1-19(2)20(3)9-10-21(4)30-26(16-24-29-23(12-14-42(24,30)6)41(5)13-11-22(43)15-25(41)31(44)34(29)47)53-40-37(50)38(33(46)28(55-40)18-52-8)56-39-36(49)35(48)32(45)27(54-39)17-51-7/h19,21-23,25-28,30-40,43-50H,3,9-18H2,1-2,4-8H3/t21-,22-,23+,25-,26-,27-,28-,30+,31+,32+,33+,34-,35+,36-,37-,38+,39+,40-,41-,42+/m1/s1. The summed E-state index contributed by atoms with van der Waals surface area (Å²) in [6, 6.07) is 0. The minimum atomic E-state index is -1.71. The Bertz CT molecular complexity index is 1390. The van der Waals surface area contributed by atoms with E-state index in [4.69, 9.17) is 28.4 Å². The van der Waals surface area contributed by atoms with Crippen molar-refractivity contribution in [1.29, 1.82) is 0 Å². The number of allylic oxidation sites excluding steroid dienone is 1. The average molecular weight is 799 g/mol. The van der Waals surface area contributed by atoms with Crippen molar-refractivity contribution < 1.29 is 69.3 Å². The fourth-order valence-corrected chi connectivity index (χ4v) is 11.7. The van der Waals surface area contributed by atoms with Crippen molar-refractivity contribution in [3.63, 3.8) is 0 Å². The third-order valence-corrected chi connectivity index (χ3v) is 15.1. The summed E-state index contributed by atoms with van der Waals surface area (Å²) in [5.74, 6) is 0.157. The lowest BCUT2D eigenvalue weighted by Crippen LogP contribution is -2.65. The van der Waals surface area contributed by atoms with E-state index in [1.807, 2.05) is 0 Å². The molecular formula is C42H70O14. The smallest absolute Gasteiger partial charge is 0.187 e. The maximum Gasteiger partial charge on any atom is 0.187 e. The highest BCUT2D eigenvalue weighted by atomic mass is 16.7. The minimum Gasteiger partial charge on any atom is -0.393 e. The largest absolute Gasteiger partial charge is 0.393 e. The van der Waals surface area contributed by atoms with Crippen LogP contribution >= 0.6 is 0 Å². The first kappa shape index (κ1) is 44.5. The Labute approximate surface area is 331 Å². The van der Waals surface area contributed by atoms with E-state index in [0.29, 0.717) is 25.2 Å². The molecule has 5 fully saturated rings. The van der Waals surface area contributed by atoms with Crippen LogP contribution in [-0.4, -0.2) is 154 Å². The highest BCUT2D eigenvalue weighted by molar-refractivity contribution is 5.39. The van der Waals surface area contributed by atoms with E-state index in [2.05, 4.69) is 41.2 Å². The van der Waals surface area contributed by atoms with Gasteiger partial charge in [-0.1, -0.05) is 52.3 Å². The van der Waals surface area contributed by atoms with Crippen molar-refractivity contribution in [3.8, 4) is 0 Å². The fraction of sp³-hybridized carbons (Fsp3) is 0.905. The summed E-state index contributed by atoms with van der Waals surface area (Å²) in [5, 5.41) is 89.6. The van der Waals surface area contributed by atoms with Crippen LogP contribution in [0.5, 0.6) is 0 Å². The van der Waals surface area contributed by atoms with Gasteiger partial charge in [0.1, 0.15) is 54.9 Å². The second-order valence-electron chi connectivity index (χ2n) is 18.7. The topological polar surface area (TPSA) is 217 Å². The minimum absolute atomic E-state index is 0.0326. The zero-order valence-electron chi connectivity index (χ0n) is 34.3. The zero-order chi connectivity index (χ0) is 41.0. The van der Waals surface area contributed by atoms with Gasteiger partial charge in [-0.2, -0.15) is 0 Å². The van der Waals surface area contributed by atoms with E-state index < -0.39 is 91.2 Å². The van der Waals surface area contributed by atoms with E-state index in [1.54, 1.807) is 0 Å². The van der Waals surface area contributed by atoms with Gasteiger partial charge in [-0.25, -0.2) is 0 Å². The van der Waals surface area contributed by atoms with Gasteiger partial charge in [0.05, 0.1) is 31.5 Å². The van der Waals surface area contributed by atoms with E-state index >= 15 is 0 Å². The van der Waals surface area contributed by atoms with Gasteiger partial charge >= 0.3 is 0 Å². The van der Waals surface area contributed by atoms with Crippen molar-refractivity contribution in [3.05, 3.63) is 23.3 Å². The van der Waals surface area contributed by atoms with Crippen LogP contribution in [0.3, 0.4) is 0 Å². The van der Waals surface area contributed by atoms with Crippen molar-refractivity contribution in [2.75, 3.05) is 27.4 Å². The Kier molecular flexibility index (Phi) is 13.9. The summed E-state index contributed by atoms with van der Waals surface area (Å²) in [6.07, 6.45) is -11.7. The number of ether oxygens (including phenoxy) is 6. The molecule has 6 aliphatic rings. The summed E-state index contributed by atoms with van der Waals surface area (Å²) in [7, 11) is 2.85. The predicted molar refractivity (Wildman–Crippen MR) is 203 cm³/mol. The monoisotopic (exact) mass is 798 g/mol. The summed E-state index contributed by atoms with van der Waals surface area (Å²) in [6.45, 7) is 15.1. The molecule has 8 N–H and O–H groups in total. The Balaban J connectivity index is 1.33.